The van der Waals surface area contributed by atoms with E-state index in [9.17, 15) is 0 Å². The molecule has 3 aliphatic rings. The van der Waals surface area contributed by atoms with Crippen molar-refractivity contribution in [3.05, 3.63) is 42.5 Å². The monoisotopic (exact) mass is 356 g/mol. The van der Waals surface area contributed by atoms with Gasteiger partial charge >= 0.3 is 0 Å². The molecule has 2 saturated heterocycles. The number of nitrogens with one attached hydrogen (secondary N) is 2. The topological polar surface area (TPSA) is 39.8 Å². The molecule has 5 nitrogen and oxygen atoms in total. The number of rotatable bonds is 5. The van der Waals surface area contributed by atoms with Gasteiger partial charge in [0.15, 0.2) is 0 Å². The molecule has 1 saturated carbocycles. The molecule has 26 heavy (non-hydrogen) atoms. The average molecular weight is 357 g/mol. The van der Waals surface area contributed by atoms with Crippen molar-refractivity contribution in [2.24, 2.45) is 17.8 Å². The quantitative estimate of drug-likeness (QED) is 0.793. The predicted molar refractivity (Wildman–Crippen MR) is 104 cm³/mol. The van der Waals surface area contributed by atoms with E-state index in [0.717, 1.165) is 38.0 Å². The Balaban J connectivity index is 1.59. The van der Waals surface area contributed by atoms with E-state index >= 15 is 0 Å². The van der Waals surface area contributed by atoms with Crippen LogP contribution in [-0.2, 0) is 6.54 Å². The molecule has 2 aliphatic heterocycles. The van der Waals surface area contributed by atoms with Gasteiger partial charge in [0.25, 0.3) is 0 Å². The summed E-state index contributed by atoms with van der Waals surface area (Å²) in [5, 5.41) is 0. The second-order valence-corrected chi connectivity index (χ2v) is 7.98. The highest BCUT2D eigenvalue weighted by Gasteiger charge is 2.50. The van der Waals surface area contributed by atoms with Gasteiger partial charge in [-0.3, -0.25) is 15.2 Å². The van der Waals surface area contributed by atoms with Gasteiger partial charge in [0.1, 0.15) is 5.75 Å². The van der Waals surface area contributed by atoms with Crippen molar-refractivity contribution in [1.29, 1.82) is 0 Å². The SMILES string of the molecule is C=CC1CC2CNNC3C2C(C1)N(Cc1ccc(OC)cc1)CN3CC. The first-order valence-electron chi connectivity index (χ1n) is 9.95. The number of methoxy groups -OCH3 is 1. The minimum Gasteiger partial charge on any atom is -0.497 e. The zero-order chi connectivity index (χ0) is 18.1. The fourth-order valence-corrected chi connectivity index (χ4v) is 5.28. The van der Waals surface area contributed by atoms with Gasteiger partial charge in [0, 0.05) is 25.0 Å². The molecule has 5 atom stereocenters. The molecule has 1 aliphatic carbocycles. The van der Waals surface area contributed by atoms with Gasteiger partial charge in [-0.25, -0.2) is 5.43 Å². The number of allylic oxidation sites excluding steroid dienone is 1. The van der Waals surface area contributed by atoms with Crippen LogP contribution in [0.1, 0.15) is 25.3 Å². The van der Waals surface area contributed by atoms with Crippen LogP contribution in [0.4, 0.5) is 0 Å². The van der Waals surface area contributed by atoms with E-state index in [1.165, 1.54) is 18.4 Å². The maximum atomic E-state index is 5.31. The molecule has 142 valence electrons. The Morgan fingerprint density at radius 2 is 2.04 bits per heavy atom. The molecule has 0 bridgehead atoms. The summed E-state index contributed by atoms with van der Waals surface area (Å²) in [6, 6.07) is 9.16. The lowest BCUT2D eigenvalue weighted by molar-refractivity contribution is -0.123. The van der Waals surface area contributed by atoms with E-state index in [1.807, 2.05) is 0 Å². The van der Waals surface area contributed by atoms with E-state index in [1.54, 1.807) is 7.11 Å². The van der Waals surface area contributed by atoms with Crippen LogP contribution in [0, 0.1) is 17.8 Å². The molecule has 3 fully saturated rings. The average Bonchev–Trinajstić information content (AvgIpc) is 2.70. The lowest BCUT2D eigenvalue weighted by Crippen LogP contribution is -2.73. The van der Waals surface area contributed by atoms with E-state index in [4.69, 9.17) is 4.74 Å². The number of benzene rings is 1. The van der Waals surface area contributed by atoms with Crippen LogP contribution in [0.3, 0.4) is 0 Å². The summed E-state index contributed by atoms with van der Waals surface area (Å²) in [6.45, 7) is 10.5. The van der Waals surface area contributed by atoms with Crippen molar-refractivity contribution in [3.8, 4) is 5.75 Å². The van der Waals surface area contributed by atoms with E-state index in [-0.39, 0.29) is 0 Å². The summed E-state index contributed by atoms with van der Waals surface area (Å²) in [7, 11) is 1.72. The first-order chi connectivity index (χ1) is 12.7. The van der Waals surface area contributed by atoms with Gasteiger partial charge in [-0.1, -0.05) is 25.1 Å². The molecule has 0 radical (unpaired) electrons. The number of hydrogen-bond donors (Lipinski definition) is 2. The Kier molecular flexibility index (Phi) is 5.32. The largest absolute Gasteiger partial charge is 0.497 e. The Morgan fingerprint density at radius 1 is 1.23 bits per heavy atom. The van der Waals surface area contributed by atoms with Crippen molar-refractivity contribution in [2.75, 3.05) is 26.9 Å². The number of ether oxygens (including phenoxy) is 1. The third-order valence-electron chi connectivity index (χ3n) is 6.63. The number of hydrazine groups is 1. The van der Waals surface area contributed by atoms with Gasteiger partial charge in [-0.2, -0.15) is 0 Å². The summed E-state index contributed by atoms with van der Waals surface area (Å²) < 4.78 is 5.31. The molecular weight excluding hydrogens is 324 g/mol. The van der Waals surface area contributed by atoms with Crippen molar-refractivity contribution in [1.82, 2.24) is 20.7 Å². The van der Waals surface area contributed by atoms with Crippen LogP contribution in [0.25, 0.3) is 0 Å². The summed E-state index contributed by atoms with van der Waals surface area (Å²) in [5.41, 5.74) is 8.42. The number of hydrogen-bond acceptors (Lipinski definition) is 5. The zero-order valence-electron chi connectivity index (χ0n) is 16.0. The van der Waals surface area contributed by atoms with Gasteiger partial charge in [0.05, 0.1) is 19.9 Å². The molecule has 0 spiro atoms. The minimum atomic E-state index is 0.446. The van der Waals surface area contributed by atoms with Crippen LogP contribution in [-0.4, -0.2) is 48.9 Å². The molecular formula is C21H32N4O. The predicted octanol–water partition coefficient (Wildman–Crippen LogP) is 2.42. The van der Waals surface area contributed by atoms with Crippen LogP contribution in [0.5, 0.6) is 5.75 Å². The number of nitrogens with zero attached hydrogens (tertiary/aromatic N) is 2. The zero-order valence-corrected chi connectivity index (χ0v) is 16.0. The Morgan fingerprint density at radius 3 is 2.73 bits per heavy atom. The minimum absolute atomic E-state index is 0.446. The lowest BCUT2D eigenvalue weighted by Gasteiger charge is -2.58. The molecule has 0 amide bonds. The standard InChI is InChI=1S/C21H32N4O/c1-4-15-10-17-12-22-23-21-20(17)19(11-15)25(14-24(21)5-2)13-16-6-8-18(26-3)9-7-16/h4,6-9,15,17,19-23H,1,5,10-14H2,2-3H3. The van der Waals surface area contributed by atoms with Gasteiger partial charge in [-0.05, 0) is 48.9 Å². The first kappa shape index (κ1) is 18.0. The lowest BCUT2D eigenvalue weighted by atomic mass is 9.67. The second-order valence-electron chi connectivity index (χ2n) is 7.98. The van der Waals surface area contributed by atoms with Gasteiger partial charge < -0.3 is 4.74 Å². The highest BCUT2D eigenvalue weighted by atomic mass is 16.5. The Hall–Kier alpha value is -1.40. The molecule has 0 aromatic heterocycles. The maximum Gasteiger partial charge on any atom is 0.118 e. The van der Waals surface area contributed by atoms with Crippen LogP contribution < -0.4 is 15.6 Å². The normalized spacial score (nSPS) is 34.9. The summed E-state index contributed by atoms with van der Waals surface area (Å²) in [5.74, 6) is 2.96. The van der Waals surface area contributed by atoms with Crippen molar-refractivity contribution >= 4 is 0 Å². The summed E-state index contributed by atoms with van der Waals surface area (Å²) in [6.07, 6.45) is 5.13. The Labute approximate surface area is 157 Å². The Bertz CT molecular complexity index is 619. The molecule has 5 unspecified atom stereocenters. The fraction of sp³-hybridized carbons (Fsp3) is 0.619. The van der Waals surface area contributed by atoms with Crippen LogP contribution >= 0.6 is 0 Å². The summed E-state index contributed by atoms with van der Waals surface area (Å²) in [4.78, 5) is 5.28. The fourth-order valence-electron chi connectivity index (χ4n) is 5.28. The second kappa shape index (κ2) is 7.69. The smallest absolute Gasteiger partial charge is 0.118 e. The third kappa shape index (κ3) is 3.29. The molecule has 2 N–H and O–H groups in total. The van der Waals surface area contributed by atoms with Crippen LogP contribution in [0.2, 0.25) is 0 Å². The van der Waals surface area contributed by atoms with Gasteiger partial charge in [-0.15, -0.1) is 6.58 Å². The van der Waals surface area contributed by atoms with Crippen molar-refractivity contribution < 1.29 is 4.74 Å². The molecule has 4 rings (SSSR count). The molecule has 5 heteroatoms. The highest BCUT2D eigenvalue weighted by Crippen LogP contribution is 2.43. The highest BCUT2D eigenvalue weighted by molar-refractivity contribution is 5.27. The van der Waals surface area contributed by atoms with E-state index in [0.29, 0.717) is 24.0 Å². The van der Waals surface area contributed by atoms with Crippen molar-refractivity contribution in [2.45, 2.75) is 38.5 Å². The first-order valence-corrected chi connectivity index (χ1v) is 9.95. The maximum absolute atomic E-state index is 5.31. The van der Waals surface area contributed by atoms with E-state index < -0.39 is 0 Å². The molecule has 1 aromatic carbocycles. The van der Waals surface area contributed by atoms with E-state index in [2.05, 4.69) is 64.5 Å². The summed E-state index contributed by atoms with van der Waals surface area (Å²) >= 11 is 0. The van der Waals surface area contributed by atoms with Crippen LogP contribution in [0.15, 0.2) is 36.9 Å². The van der Waals surface area contributed by atoms with Gasteiger partial charge in [0.2, 0.25) is 0 Å². The molecule has 1 aromatic rings. The molecule has 2 heterocycles. The van der Waals surface area contributed by atoms with Crippen molar-refractivity contribution in [3.63, 3.8) is 0 Å². The third-order valence-corrected chi connectivity index (χ3v) is 6.63.